The zero-order chi connectivity index (χ0) is 11.4. The van der Waals surface area contributed by atoms with Crippen LogP contribution < -0.4 is 5.32 Å². The lowest BCUT2D eigenvalue weighted by Gasteiger charge is -2.04. The number of nitrogens with one attached hydrogen (secondary N) is 1. The fourth-order valence-corrected chi connectivity index (χ4v) is 2.09. The Bertz CT molecular complexity index is 448. The molecular formula is C10H15N5S. The highest BCUT2D eigenvalue weighted by molar-refractivity contribution is 7.15. The summed E-state index contributed by atoms with van der Waals surface area (Å²) in [6.45, 7) is 5.81. The number of aryl methyl sites for hydroxylation is 2. The Hall–Kier alpha value is -1.43. The van der Waals surface area contributed by atoms with Gasteiger partial charge in [0.1, 0.15) is 10.8 Å². The van der Waals surface area contributed by atoms with Crippen LogP contribution in [-0.4, -0.2) is 19.7 Å². The van der Waals surface area contributed by atoms with Gasteiger partial charge in [-0.1, -0.05) is 18.3 Å². The van der Waals surface area contributed by atoms with E-state index >= 15 is 0 Å². The molecule has 0 aliphatic rings. The van der Waals surface area contributed by atoms with Crippen molar-refractivity contribution < 1.29 is 0 Å². The molecule has 0 unspecified atom stereocenters. The van der Waals surface area contributed by atoms with Crippen LogP contribution >= 0.6 is 11.3 Å². The van der Waals surface area contributed by atoms with Crippen LogP contribution in [0.5, 0.6) is 0 Å². The van der Waals surface area contributed by atoms with Gasteiger partial charge in [0.15, 0.2) is 0 Å². The van der Waals surface area contributed by atoms with E-state index in [1.54, 1.807) is 11.3 Å². The minimum absolute atomic E-state index is 0.694. The second kappa shape index (κ2) is 5.07. The smallest absolute Gasteiger partial charge is 0.206 e. The van der Waals surface area contributed by atoms with Gasteiger partial charge in [0, 0.05) is 18.9 Å². The number of hydrogen-bond acceptors (Lipinski definition) is 5. The van der Waals surface area contributed by atoms with E-state index in [2.05, 4.69) is 38.9 Å². The van der Waals surface area contributed by atoms with Crippen LogP contribution in [0.3, 0.4) is 0 Å². The molecule has 0 aromatic carbocycles. The molecule has 6 heteroatoms. The average molecular weight is 237 g/mol. The first-order valence-corrected chi connectivity index (χ1v) is 6.21. The first kappa shape index (κ1) is 11.1. The number of aromatic nitrogens is 4. The largest absolute Gasteiger partial charge is 0.353 e. The fraction of sp³-hybridized carbons (Fsp3) is 0.500. The van der Waals surface area contributed by atoms with E-state index in [1.165, 1.54) is 0 Å². The lowest BCUT2D eigenvalue weighted by atomic mass is 10.5. The standard InChI is InChI=1S/C10H15N5S/c1-3-9-13-14-10(16-9)12-7-8-11-5-6-15(8)4-2/h5-6H,3-4,7H2,1-2H3,(H,12,14). The Morgan fingerprint density at radius 1 is 1.38 bits per heavy atom. The summed E-state index contributed by atoms with van der Waals surface area (Å²) in [4.78, 5) is 4.29. The summed E-state index contributed by atoms with van der Waals surface area (Å²) in [6.07, 6.45) is 4.73. The minimum Gasteiger partial charge on any atom is -0.353 e. The molecule has 0 fully saturated rings. The summed E-state index contributed by atoms with van der Waals surface area (Å²) in [7, 11) is 0. The topological polar surface area (TPSA) is 55.6 Å². The van der Waals surface area contributed by atoms with Crippen molar-refractivity contribution in [1.82, 2.24) is 19.7 Å². The van der Waals surface area contributed by atoms with Crippen LogP contribution in [0.4, 0.5) is 5.13 Å². The Morgan fingerprint density at radius 3 is 2.94 bits per heavy atom. The van der Waals surface area contributed by atoms with Gasteiger partial charge >= 0.3 is 0 Å². The van der Waals surface area contributed by atoms with Crippen molar-refractivity contribution in [3.8, 4) is 0 Å². The summed E-state index contributed by atoms with van der Waals surface area (Å²) >= 11 is 1.60. The molecule has 5 nitrogen and oxygen atoms in total. The van der Waals surface area contributed by atoms with Crippen molar-refractivity contribution in [2.24, 2.45) is 0 Å². The maximum absolute atomic E-state index is 4.29. The number of rotatable bonds is 5. The molecule has 0 aliphatic carbocycles. The molecule has 1 N–H and O–H groups in total. The Balaban J connectivity index is 1.96. The molecule has 86 valence electrons. The molecule has 2 heterocycles. The second-order valence-corrected chi connectivity index (χ2v) is 4.40. The number of hydrogen-bond donors (Lipinski definition) is 1. The van der Waals surface area contributed by atoms with Crippen molar-refractivity contribution in [2.45, 2.75) is 33.4 Å². The average Bonchev–Trinajstić information content (AvgIpc) is 2.94. The van der Waals surface area contributed by atoms with Crippen molar-refractivity contribution in [1.29, 1.82) is 0 Å². The van der Waals surface area contributed by atoms with Gasteiger partial charge in [-0.05, 0) is 13.3 Å². The van der Waals surface area contributed by atoms with Gasteiger partial charge in [-0.25, -0.2) is 4.98 Å². The molecule has 2 rings (SSSR count). The predicted molar refractivity (Wildman–Crippen MR) is 64.5 cm³/mol. The van der Waals surface area contributed by atoms with Crippen LogP contribution in [0, 0.1) is 0 Å². The lowest BCUT2D eigenvalue weighted by Crippen LogP contribution is -2.07. The van der Waals surface area contributed by atoms with Crippen LogP contribution in [0.1, 0.15) is 24.7 Å². The van der Waals surface area contributed by atoms with E-state index in [0.717, 1.165) is 28.9 Å². The highest BCUT2D eigenvalue weighted by Gasteiger charge is 2.04. The third-order valence-electron chi connectivity index (χ3n) is 2.31. The van der Waals surface area contributed by atoms with Crippen molar-refractivity contribution in [2.75, 3.05) is 5.32 Å². The maximum Gasteiger partial charge on any atom is 0.206 e. The van der Waals surface area contributed by atoms with E-state index < -0.39 is 0 Å². The van der Waals surface area contributed by atoms with E-state index in [1.807, 2.05) is 12.4 Å². The van der Waals surface area contributed by atoms with Gasteiger partial charge in [-0.3, -0.25) is 0 Å². The van der Waals surface area contributed by atoms with Crippen LogP contribution in [0.25, 0.3) is 0 Å². The minimum atomic E-state index is 0.694. The molecule has 0 saturated heterocycles. The fourth-order valence-electron chi connectivity index (χ4n) is 1.42. The van der Waals surface area contributed by atoms with Crippen LogP contribution in [-0.2, 0) is 19.5 Å². The highest BCUT2D eigenvalue weighted by Crippen LogP contribution is 2.15. The van der Waals surface area contributed by atoms with Crippen LogP contribution in [0.15, 0.2) is 12.4 Å². The third-order valence-corrected chi connectivity index (χ3v) is 3.33. The Kier molecular flexibility index (Phi) is 3.51. The molecular weight excluding hydrogens is 222 g/mol. The highest BCUT2D eigenvalue weighted by atomic mass is 32.1. The first-order valence-electron chi connectivity index (χ1n) is 5.39. The van der Waals surface area contributed by atoms with Gasteiger partial charge in [0.25, 0.3) is 0 Å². The van der Waals surface area contributed by atoms with Gasteiger partial charge < -0.3 is 9.88 Å². The Labute approximate surface area is 98.5 Å². The summed E-state index contributed by atoms with van der Waals surface area (Å²) in [5.41, 5.74) is 0. The SMILES string of the molecule is CCc1nnc(NCc2nccn2CC)s1. The molecule has 0 bridgehead atoms. The normalized spacial score (nSPS) is 10.6. The van der Waals surface area contributed by atoms with Gasteiger partial charge in [-0.2, -0.15) is 0 Å². The van der Waals surface area contributed by atoms with Crippen molar-refractivity contribution >= 4 is 16.5 Å². The first-order chi connectivity index (χ1) is 7.83. The molecule has 0 atom stereocenters. The van der Waals surface area contributed by atoms with Crippen LogP contribution in [0.2, 0.25) is 0 Å². The van der Waals surface area contributed by atoms with Crippen molar-refractivity contribution in [3.05, 3.63) is 23.2 Å². The third kappa shape index (κ3) is 2.38. The molecule has 0 aliphatic heterocycles. The molecule has 0 saturated carbocycles. The summed E-state index contributed by atoms with van der Waals surface area (Å²) in [5.74, 6) is 1.02. The van der Waals surface area contributed by atoms with E-state index in [-0.39, 0.29) is 0 Å². The van der Waals surface area contributed by atoms with Gasteiger partial charge in [0.2, 0.25) is 5.13 Å². The number of imidazole rings is 1. The Morgan fingerprint density at radius 2 is 2.25 bits per heavy atom. The monoisotopic (exact) mass is 237 g/mol. The van der Waals surface area contributed by atoms with Gasteiger partial charge in [0.05, 0.1) is 6.54 Å². The van der Waals surface area contributed by atoms with E-state index in [9.17, 15) is 0 Å². The van der Waals surface area contributed by atoms with E-state index in [0.29, 0.717) is 6.54 Å². The summed E-state index contributed by atoms with van der Waals surface area (Å²) in [6, 6.07) is 0. The summed E-state index contributed by atoms with van der Waals surface area (Å²) in [5, 5.41) is 13.3. The summed E-state index contributed by atoms with van der Waals surface area (Å²) < 4.78 is 2.11. The molecule has 16 heavy (non-hydrogen) atoms. The van der Waals surface area contributed by atoms with Gasteiger partial charge in [-0.15, -0.1) is 10.2 Å². The molecule has 2 aromatic rings. The zero-order valence-electron chi connectivity index (χ0n) is 9.47. The quantitative estimate of drug-likeness (QED) is 0.863. The maximum atomic E-state index is 4.29. The molecule has 2 aromatic heterocycles. The molecule has 0 spiro atoms. The van der Waals surface area contributed by atoms with Crippen molar-refractivity contribution in [3.63, 3.8) is 0 Å². The lowest BCUT2D eigenvalue weighted by molar-refractivity contribution is 0.707. The molecule has 0 radical (unpaired) electrons. The zero-order valence-corrected chi connectivity index (χ0v) is 10.3. The number of anilines is 1. The molecule has 0 amide bonds. The predicted octanol–water partition coefficient (Wildman–Crippen LogP) is 1.93. The van der Waals surface area contributed by atoms with E-state index in [4.69, 9.17) is 0 Å². The second-order valence-electron chi connectivity index (χ2n) is 3.34. The number of nitrogens with zero attached hydrogens (tertiary/aromatic N) is 4.